The van der Waals surface area contributed by atoms with Crippen LogP contribution < -0.4 is 15.5 Å². The number of amides is 2. The summed E-state index contributed by atoms with van der Waals surface area (Å²) >= 11 is 3.40. The van der Waals surface area contributed by atoms with Crippen molar-refractivity contribution in [3.05, 3.63) is 63.9 Å². The van der Waals surface area contributed by atoms with Gasteiger partial charge in [0.2, 0.25) is 0 Å². The van der Waals surface area contributed by atoms with E-state index in [1.165, 1.54) is 30.5 Å². The van der Waals surface area contributed by atoms with Crippen LogP contribution in [0.1, 0.15) is 43.6 Å². The van der Waals surface area contributed by atoms with E-state index in [1.54, 1.807) is 0 Å². The van der Waals surface area contributed by atoms with Gasteiger partial charge in [0.05, 0.1) is 12.3 Å². The summed E-state index contributed by atoms with van der Waals surface area (Å²) in [6.07, 6.45) is 1.47. The molecule has 2 N–H and O–H groups in total. The molecule has 0 saturated carbocycles. The van der Waals surface area contributed by atoms with E-state index in [0.29, 0.717) is 11.3 Å². The van der Waals surface area contributed by atoms with Gasteiger partial charge in [0.25, 0.3) is 11.8 Å². The van der Waals surface area contributed by atoms with Gasteiger partial charge in [0, 0.05) is 15.6 Å². The topological polar surface area (TPSA) is 79.8 Å². The molecule has 0 aliphatic heterocycles. The van der Waals surface area contributed by atoms with Crippen molar-refractivity contribution in [3.8, 4) is 5.75 Å². The van der Waals surface area contributed by atoms with E-state index in [4.69, 9.17) is 4.74 Å². The van der Waals surface area contributed by atoms with Gasteiger partial charge in [-0.1, -0.05) is 29.8 Å². The maximum atomic E-state index is 13.0. The molecule has 0 aliphatic rings. The molecule has 0 radical (unpaired) electrons. The van der Waals surface area contributed by atoms with Crippen molar-refractivity contribution >= 4 is 34.0 Å². The second kappa shape index (κ2) is 10.9. The first-order valence-corrected chi connectivity index (χ1v) is 10.3. The average Bonchev–Trinajstić information content (AvgIpc) is 2.67. The molecule has 0 fully saturated rings. The summed E-state index contributed by atoms with van der Waals surface area (Å²) < 4.78 is 19.6. The lowest BCUT2D eigenvalue weighted by Crippen LogP contribution is -2.48. The first-order valence-electron chi connectivity index (χ1n) is 9.53. The van der Waals surface area contributed by atoms with E-state index in [1.807, 2.05) is 45.9 Å². The fourth-order valence-corrected chi connectivity index (χ4v) is 2.96. The number of benzene rings is 2. The van der Waals surface area contributed by atoms with Crippen LogP contribution in [0.15, 0.2) is 52.0 Å². The number of hydrazone groups is 1. The van der Waals surface area contributed by atoms with Gasteiger partial charge in [-0.2, -0.15) is 5.10 Å². The summed E-state index contributed by atoms with van der Waals surface area (Å²) in [5, 5.41) is 6.69. The molecule has 0 bridgehead atoms. The summed E-state index contributed by atoms with van der Waals surface area (Å²) in [5.41, 5.74) is 3.42. The van der Waals surface area contributed by atoms with Crippen LogP contribution in [0.2, 0.25) is 0 Å². The van der Waals surface area contributed by atoms with Crippen molar-refractivity contribution in [2.24, 2.45) is 11.0 Å². The van der Waals surface area contributed by atoms with E-state index < -0.39 is 23.7 Å². The van der Waals surface area contributed by atoms with Crippen molar-refractivity contribution in [3.63, 3.8) is 0 Å². The normalized spacial score (nSPS) is 12.3. The van der Waals surface area contributed by atoms with Gasteiger partial charge in [-0.15, -0.1) is 0 Å². The predicted octanol–water partition coefficient (Wildman–Crippen LogP) is 4.28. The summed E-state index contributed by atoms with van der Waals surface area (Å²) in [5.74, 6) is -0.913. The standard InChI is InChI=1S/C22H25BrFN3O3/c1-13(2)20(26-21(28)15-5-8-18(24)9-6-15)22(29)27-25-12-16-11-17(23)7-10-19(16)30-14(3)4/h5-14,20H,1-4H3,(H,26,28)(H,27,29). The van der Waals surface area contributed by atoms with Crippen LogP contribution in [0.5, 0.6) is 5.75 Å². The van der Waals surface area contributed by atoms with E-state index in [-0.39, 0.29) is 17.6 Å². The Morgan fingerprint density at radius 2 is 1.77 bits per heavy atom. The molecule has 0 spiro atoms. The molecule has 1 atom stereocenters. The Bertz CT molecular complexity index is 914. The fourth-order valence-electron chi connectivity index (χ4n) is 2.58. The highest BCUT2D eigenvalue weighted by Gasteiger charge is 2.24. The zero-order chi connectivity index (χ0) is 22.3. The number of hydrogen-bond acceptors (Lipinski definition) is 4. The molecule has 0 aliphatic carbocycles. The molecule has 2 amide bonds. The molecule has 2 aromatic carbocycles. The molecule has 0 heterocycles. The molecule has 0 saturated heterocycles. The van der Waals surface area contributed by atoms with Crippen LogP contribution in [-0.4, -0.2) is 30.2 Å². The van der Waals surface area contributed by atoms with Gasteiger partial charge >= 0.3 is 0 Å². The van der Waals surface area contributed by atoms with Crippen LogP contribution in [-0.2, 0) is 4.79 Å². The summed E-state index contributed by atoms with van der Waals surface area (Å²) in [4.78, 5) is 25.0. The Hall–Kier alpha value is -2.74. The zero-order valence-corrected chi connectivity index (χ0v) is 18.9. The number of ether oxygens (including phenoxy) is 1. The molecule has 6 nitrogen and oxygen atoms in total. The highest BCUT2D eigenvalue weighted by Crippen LogP contribution is 2.22. The summed E-state index contributed by atoms with van der Waals surface area (Å²) in [7, 11) is 0. The van der Waals surface area contributed by atoms with Crippen LogP contribution >= 0.6 is 15.9 Å². The van der Waals surface area contributed by atoms with Gasteiger partial charge in [0.15, 0.2) is 0 Å². The van der Waals surface area contributed by atoms with Gasteiger partial charge in [-0.3, -0.25) is 9.59 Å². The Kier molecular flexibility index (Phi) is 8.53. The molecule has 30 heavy (non-hydrogen) atoms. The molecule has 8 heteroatoms. The van der Waals surface area contributed by atoms with Gasteiger partial charge in [0.1, 0.15) is 17.6 Å². The minimum atomic E-state index is -0.811. The molecule has 160 valence electrons. The van der Waals surface area contributed by atoms with E-state index in [9.17, 15) is 14.0 Å². The number of carbonyl (C=O) groups excluding carboxylic acids is 2. The smallest absolute Gasteiger partial charge is 0.262 e. The Morgan fingerprint density at radius 3 is 2.37 bits per heavy atom. The molecular weight excluding hydrogens is 453 g/mol. The predicted molar refractivity (Wildman–Crippen MR) is 118 cm³/mol. The number of rotatable bonds is 8. The van der Waals surface area contributed by atoms with E-state index in [2.05, 4.69) is 31.8 Å². The van der Waals surface area contributed by atoms with Gasteiger partial charge in [-0.05, 0) is 62.2 Å². The Labute approximate surface area is 184 Å². The number of nitrogens with one attached hydrogen (secondary N) is 2. The maximum absolute atomic E-state index is 13.0. The van der Waals surface area contributed by atoms with Crippen molar-refractivity contribution in [2.75, 3.05) is 0 Å². The van der Waals surface area contributed by atoms with Gasteiger partial charge < -0.3 is 10.1 Å². The number of halogens is 2. The minimum Gasteiger partial charge on any atom is -0.490 e. The summed E-state index contributed by atoms with van der Waals surface area (Å²) in [6.45, 7) is 7.45. The van der Waals surface area contributed by atoms with Crippen LogP contribution in [0.25, 0.3) is 0 Å². The molecule has 2 rings (SSSR count). The SMILES string of the molecule is CC(C)Oc1ccc(Br)cc1C=NNC(=O)C(NC(=O)c1ccc(F)cc1)C(C)C. The Morgan fingerprint density at radius 1 is 1.10 bits per heavy atom. The van der Waals surface area contributed by atoms with Crippen LogP contribution in [0.4, 0.5) is 4.39 Å². The van der Waals surface area contributed by atoms with E-state index >= 15 is 0 Å². The van der Waals surface area contributed by atoms with Crippen molar-refractivity contribution in [1.82, 2.24) is 10.7 Å². The second-order valence-electron chi connectivity index (χ2n) is 7.29. The lowest BCUT2D eigenvalue weighted by atomic mass is 10.0. The van der Waals surface area contributed by atoms with Crippen LogP contribution in [0.3, 0.4) is 0 Å². The van der Waals surface area contributed by atoms with Crippen LogP contribution in [0, 0.1) is 11.7 Å². The first kappa shape index (κ1) is 23.5. The highest BCUT2D eigenvalue weighted by atomic mass is 79.9. The third-order valence-corrected chi connectivity index (χ3v) is 4.55. The summed E-state index contributed by atoms with van der Waals surface area (Å²) in [6, 6.07) is 9.79. The fraction of sp³-hybridized carbons (Fsp3) is 0.318. The molecule has 2 aromatic rings. The quantitative estimate of drug-likeness (QED) is 0.439. The second-order valence-corrected chi connectivity index (χ2v) is 8.20. The lowest BCUT2D eigenvalue weighted by molar-refractivity contribution is -0.123. The number of carbonyl (C=O) groups is 2. The third kappa shape index (κ3) is 6.95. The van der Waals surface area contributed by atoms with Crippen molar-refractivity contribution in [1.29, 1.82) is 0 Å². The number of hydrogen-bond donors (Lipinski definition) is 2. The monoisotopic (exact) mass is 477 g/mol. The zero-order valence-electron chi connectivity index (χ0n) is 17.3. The minimum absolute atomic E-state index is 0.0140. The number of nitrogens with zero attached hydrogens (tertiary/aromatic N) is 1. The highest BCUT2D eigenvalue weighted by molar-refractivity contribution is 9.10. The van der Waals surface area contributed by atoms with E-state index in [0.717, 1.165) is 4.47 Å². The third-order valence-electron chi connectivity index (χ3n) is 4.06. The largest absolute Gasteiger partial charge is 0.490 e. The Balaban J connectivity index is 2.07. The molecule has 0 aromatic heterocycles. The van der Waals surface area contributed by atoms with Gasteiger partial charge in [-0.25, -0.2) is 9.82 Å². The lowest BCUT2D eigenvalue weighted by Gasteiger charge is -2.20. The maximum Gasteiger partial charge on any atom is 0.262 e. The van der Waals surface area contributed by atoms with Crippen molar-refractivity contribution < 1.29 is 18.7 Å². The molecular formula is C22H25BrFN3O3. The molecule has 1 unspecified atom stereocenters. The average molecular weight is 478 g/mol. The van der Waals surface area contributed by atoms with Crippen molar-refractivity contribution in [2.45, 2.75) is 39.8 Å². The first-order chi connectivity index (χ1) is 14.2.